The van der Waals surface area contributed by atoms with E-state index in [-0.39, 0.29) is 25.2 Å². The van der Waals surface area contributed by atoms with Crippen LogP contribution in [0.3, 0.4) is 0 Å². The second-order valence-electron chi connectivity index (χ2n) is 14.3. The number of aromatic nitrogens is 2. The summed E-state index contributed by atoms with van der Waals surface area (Å²) in [5.74, 6) is -0.842. The Balaban J connectivity index is 1.84. The monoisotopic (exact) mass is 642 g/mol. The zero-order valence-electron chi connectivity index (χ0n) is 27.9. The molecule has 1 saturated carbocycles. The molecule has 12 heteroatoms. The number of amides is 3. The van der Waals surface area contributed by atoms with Gasteiger partial charge in [0.25, 0.3) is 0 Å². The third kappa shape index (κ3) is 13.1. The minimum absolute atomic E-state index is 0.0518. The molecule has 0 radical (unpaired) electrons. The van der Waals surface area contributed by atoms with Gasteiger partial charge >= 0.3 is 6.09 Å². The number of nitrogens with zero attached hydrogens (tertiary/aromatic N) is 1. The number of nitrogens with one attached hydrogen (secondary N) is 4. The Morgan fingerprint density at radius 3 is 2.17 bits per heavy atom. The van der Waals surface area contributed by atoms with Crippen LogP contribution in [0.5, 0.6) is 0 Å². The number of alkyl carbamates (subject to hydrolysis) is 1. The highest BCUT2D eigenvalue weighted by atomic mass is 16.6. The van der Waals surface area contributed by atoms with Crippen molar-refractivity contribution in [1.29, 1.82) is 0 Å². The third-order valence-corrected chi connectivity index (χ3v) is 8.07. The van der Waals surface area contributed by atoms with Gasteiger partial charge in [0, 0.05) is 24.6 Å². The van der Waals surface area contributed by atoms with Gasteiger partial charge in [0.05, 0.1) is 24.2 Å². The summed E-state index contributed by atoms with van der Waals surface area (Å²) >= 11 is 0. The number of carbonyl (C=O) groups is 3. The van der Waals surface area contributed by atoms with Gasteiger partial charge in [0.1, 0.15) is 23.8 Å². The zero-order valence-corrected chi connectivity index (χ0v) is 27.9. The molecule has 12 nitrogen and oxygen atoms in total. The Labute approximate surface area is 272 Å². The van der Waals surface area contributed by atoms with Crippen molar-refractivity contribution in [2.24, 2.45) is 11.7 Å². The molecular formula is C34H54N6O6. The summed E-state index contributed by atoms with van der Waals surface area (Å²) in [4.78, 5) is 47.6. The molecule has 3 amide bonds. The fraction of sp³-hybridized carbons (Fsp3) is 0.647. The fourth-order valence-corrected chi connectivity index (χ4v) is 5.88. The summed E-state index contributed by atoms with van der Waals surface area (Å²) in [6.07, 6.45) is 6.00. The smallest absolute Gasteiger partial charge is 0.408 e. The molecule has 1 aliphatic rings. The van der Waals surface area contributed by atoms with Crippen molar-refractivity contribution in [3.05, 3.63) is 54.1 Å². The topological polar surface area (TPSA) is 192 Å². The Kier molecular flexibility index (Phi) is 13.6. The molecule has 3 unspecified atom stereocenters. The van der Waals surface area contributed by atoms with Crippen molar-refractivity contribution in [3.8, 4) is 0 Å². The van der Waals surface area contributed by atoms with E-state index < -0.39 is 59.4 Å². The van der Waals surface area contributed by atoms with Crippen LogP contribution in [0.15, 0.2) is 42.9 Å². The number of nitrogens with two attached hydrogens (primary N) is 1. The lowest BCUT2D eigenvalue weighted by Crippen LogP contribution is -2.59. The van der Waals surface area contributed by atoms with Crippen LogP contribution in [0.25, 0.3) is 0 Å². The first-order valence-corrected chi connectivity index (χ1v) is 16.4. The van der Waals surface area contributed by atoms with E-state index in [9.17, 15) is 24.6 Å². The van der Waals surface area contributed by atoms with E-state index >= 15 is 0 Å². The maximum absolute atomic E-state index is 14.0. The lowest BCUT2D eigenvalue weighted by Gasteiger charge is -2.35. The van der Waals surface area contributed by atoms with Crippen molar-refractivity contribution in [1.82, 2.24) is 25.9 Å². The molecule has 1 aliphatic carbocycles. The number of carbonyl (C=O) groups excluding carboxylic acids is 3. The number of ether oxygens (including phenoxy) is 1. The number of imidazole rings is 1. The largest absolute Gasteiger partial charge is 0.444 e. The van der Waals surface area contributed by atoms with Gasteiger partial charge in [-0.1, -0.05) is 62.4 Å². The Hall–Kier alpha value is -3.48. The standard InChI is InChI=1S/C34H54N6O6/c1-33(2,3)46-32(45)40-26(17-23-14-10-7-11-15-23)30(43)39-27(18-24-20-36-21-37-24)31(44)38-25(16-22-12-8-6-9-13-22)29(42)28(41)19-34(4,5)35/h7,10-11,14-15,20-22,25-29,41-42H,6,8-9,12-13,16-19,35H2,1-5H3,(H,36,37)(H,38,44)(H,39,43)(H,40,45)/t25?,26-,27-,28?,29?/m0/s1. The molecule has 0 saturated heterocycles. The van der Waals surface area contributed by atoms with Gasteiger partial charge in [-0.2, -0.15) is 0 Å². The van der Waals surface area contributed by atoms with E-state index in [0.717, 1.165) is 37.7 Å². The third-order valence-electron chi connectivity index (χ3n) is 8.07. The Morgan fingerprint density at radius 2 is 1.59 bits per heavy atom. The van der Waals surface area contributed by atoms with Crippen molar-refractivity contribution in [2.75, 3.05) is 0 Å². The normalized spacial score (nSPS) is 17.7. The number of hydrogen-bond donors (Lipinski definition) is 7. The first kappa shape index (κ1) is 37.0. The molecule has 1 aromatic carbocycles. The summed E-state index contributed by atoms with van der Waals surface area (Å²) in [5.41, 5.74) is 5.97. The molecule has 0 spiro atoms. The highest BCUT2D eigenvalue weighted by Gasteiger charge is 2.35. The number of rotatable bonds is 15. The highest BCUT2D eigenvalue weighted by Crippen LogP contribution is 2.29. The van der Waals surface area contributed by atoms with E-state index in [1.54, 1.807) is 40.8 Å². The molecule has 0 aliphatic heterocycles. The molecule has 8 N–H and O–H groups in total. The molecule has 2 aromatic rings. The SMILES string of the molecule is CC(C)(N)CC(O)C(O)C(CC1CCCCC1)NC(=O)[C@H](Cc1c[nH]cn1)NC(=O)[C@H](Cc1ccccc1)NC(=O)OC(C)(C)C. The average Bonchev–Trinajstić information content (AvgIpc) is 3.48. The molecular weight excluding hydrogens is 588 g/mol. The lowest BCUT2D eigenvalue weighted by atomic mass is 9.82. The average molecular weight is 643 g/mol. The lowest BCUT2D eigenvalue weighted by molar-refractivity contribution is -0.131. The van der Waals surface area contributed by atoms with Gasteiger partial charge in [0.15, 0.2) is 0 Å². The van der Waals surface area contributed by atoms with E-state index in [2.05, 4.69) is 25.9 Å². The predicted octanol–water partition coefficient (Wildman–Crippen LogP) is 2.88. The fourth-order valence-electron chi connectivity index (χ4n) is 5.88. The molecule has 1 fully saturated rings. The second kappa shape index (κ2) is 16.9. The van der Waals surface area contributed by atoms with E-state index in [1.165, 1.54) is 6.33 Å². The molecule has 5 atom stereocenters. The van der Waals surface area contributed by atoms with Crippen molar-refractivity contribution >= 4 is 17.9 Å². The van der Waals surface area contributed by atoms with Gasteiger partial charge in [0.2, 0.25) is 11.8 Å². The number of aliphatic hydroxyl groups is 2. The predicted molar refractivity (Wildman–Crippen MR) is 176 cm³/mol. The van der Waals surface area contributed by atoms with Crippen molar-refractivity contribution in [2.45, 2.75) is 134 Å². The maximum Gasteiger partial charge on any atom is 0.408 e. The van der Waals surface area contributed by atoms with E-state index in [0.29, 0.717) is 12.1 Å². The van der Waals surface area contributed by atoms with Crippen LogP contribution in [0.1, 0.15) is 90.8 Å². The van der Waals surface area contributed by atoms with E-state index in [4.69, 9.17) is 10.5 Å². The number of benzene rings is 1. The summed E-state index contributed by atoms with van der Waals surface area (Å²) in [5, 5.41) is 30.7. The summed E-state index contributed by atoms with van der Waals surface area (Å²) in [6.45, 7) is 8.72. The van der Waals surface area contributed by atoms with Gasteiger partial charge in [-0.15, -0.1) is 0 Å². The number of H-pyrrole nitrogens is 1. The molecule has 0 bridgehead atoms. The highest BCUT2D eigenvalue weighted by molar-refractivity contribution is 5.91. The van der Waals surface area contributed by atoms with Gasteiger partial charge < -0.3 is 41.6 Å². The summed E-state index contributed by atoms with van der Waals surface area (Å²) < 4.78 is 5.42. The maximum atomic E-state index is 14.0. The van der Waals surface area contributed by atoms with Crippen LogP contribution < -0.4 is 21.7 Å². The first-order chi connectivity index (χ1) is 21.6. The molecule has 3 rings (SSSR count). The van der Waals surface area contributed by atoms with Crippen LogP contribution in [0.2, 0.25) is 0 Å². The van der Waals surface area contributed by atoms with Crippen LogP contribution in [0.4, 0.5) is 4.79 Å². The zero-order chi connectivity index (χ0) is 33.9. The summed E-state index contributed by atoms with van der Waals surface area (Å²) in [6, 6.07) is 6.29. The molecule has 256 valence electrons. The number of aromatic amines is 1. The van der Waals surface area contributed by atoms with Gasteiger partial charge in [-0.05, 0) is 58.9 Å². The van der Waals surface area contributed by atoms with Crippen LogP contribution in [-0.2, 0) is 27.2 Å². The van der Waals surface area contributed by atoms with Gasteiger partial charge in [-0.3, -0.25) is 9.59 Å². The molecule has 1 aromatic heterocycles. The minimum Gasteiger partial charge on any atom is -0.444 e. The molecule has 1 heterocycles. The second-order valence-corrected chi connectivity index (χ2v) is 14.3. The van der Waals surface area contributed by atoms with Crippen molar-refractivity contribution in [3.63, 3.8) is 0 Å². The first-order valence-electron chi connectivity index (χ1n) is 16.4. The number of hydrogen-bond acceptors (Lipinski definition) is 8. The quantitative estimate of drug-likeness (QED) is 0.154. The van der Waals surface area contributed by atoms with E-state index in [1.807, 2.05) is 30.3 Å². The number of aliphatic hydroxyl groups excluding tert-OH is 2. The Morgan fingerprint density at radius 1 is 0.957 bits per heavy atom. The minimum atomic E-state index is -1.27. The summed E-state index contributed by atoms with van der Waals surface area (Å²) in [7, 11) is 0. The van der Waals surface area contributed by atoms with Crippen LogP contribution in [-0.4, -0.2) is 79.6 Å². The Bertz CT molecular complexity index is 1220. The van der Waals surface area contributed by atoms with Crippen LogP contribution >= 0.6 is 0 Å². The van der Waals surface area contributed by atoms with Crippen LogP contribution in [0, 0.1) is 5.92 Å². The van der Waals surface area contributed by atoms with Gasteiger partial charge in [-0.25, -0.2) is 9.78 Å². The molecule has 46 heavy (non-hydrogen) atoms. The van der Waals surface area contributed by atoms with Crippen molar-refractivity contribution < 1.29 is 29.3 Å².